The summed E-state index contributed by atoms with van der Waals surface area (Å²) in [5.41, 5.74) is 0.245. The number of hydrogen-bond acceptors (Lipinski definition) is 3. The third-order valence-corrected chi connectivity index (χ3v) is 0.853. The summed E-state index contributed by atoms with van der Waals surface area (Å²) >= 11 is 0. The van der Waals surface area contributed by atoms with Crippen molar-refractivity contribution in [2.75, 3.05) is 0 Å². The summed E-state index contributed by atoms with van der Waals surface area (Å²) in [6.07, 6.45) is 0.0544. The summed E-state index contributed by atoms with van der Waals surface area (Å²) in [4.78, 5) is 20.4. The maximum absolute atomic E-state index is 10.2. The van der Waals surface area contributed by atoms with Gasteiger partial charge in [-0.15, -0.1) is 0 Å². The van der Waals surface area contributed by atoms with E-state index in [0.29, 0.717) is 0 Å². The summed E-state index contributed by atoms with van der Waals surface area (Å²) < 4.78 is 4.10. The van der Waals surface area contributed by atoms with E-state index in [4.69, 9.17) is 0 Å². The second-order valence-corrected chi connectivity index (χ2v) is 1.54. The average Bonchev–Trinajstić information content (AvgIpc) is 1.85. The molecule has 9 heavy (non-hydrogen) atoms. The van der Waals surface area contributed by atoms with Gasteiger partial charge in [0, 0.05) is 5.57 Å². The summed E-state index contributed by atoms with van der Waals surface area (Å²) in [5.74, 6) is -1.09. The summed E-state index contributed by atoms with van der Waals surface area (Å²) in [7, 11) is 0. The Morgan fingerprint density at radius 1 is 1.44 bits per heavy atom. The molecule has 0 atom stereocenters. The van der Waals surface area contributed by atoms with Crippen LogP contribution in [0, 0.1) is 0 Å². The van der Waals surface area contributed by atoms with Crippen LogP contribution < -0.4 is 0 Å². The van der Waals surface area contributed by atoms with Gasteiger partial charge in [0.2, 0.25) is 0 Å². The Hall–Kier alpha value is -0.523. The van der Waals surface area contributed by atoms with Gasteiger partial charge in [-0.1, -0.05) is 6.58 Å². The molecule has 1 aliphatic heterocycles. The molecule has 44 valence electrons. The third-order valence-electron chi connectivity index (χ3n) is 0.853. The third kappa shape index (κ3) is 1.70. The molecule has 0 spiro atoms. The normalized spacial score (nSPS) is 17.1. The van der Waals surface area contributed by atoms with Gasteiger partial charge >= 0.3 is 30.8 Å². The van der Waals surface area contributed by atoms with Crippen LogP contribution in [0.4, 0.5) is 0 Å². The Labute approximate surface area is 64.2 Å². The molecule has 0 aliphatic carbocycles. The fraction of sp³-hybridized carbons (Fsp3) is 0.200. The van der Waals surface area contributed by atoms with Gasteiger partial charge in [-0.3, -0.25) is 4.79 Å². The van der Waals surface area contributed by atoms with Gasteiger partial charge in [0.15, 0.2) is 0 Å². The van der Waals surface area contributed by atoms with E-state index in [1.54, 1.807) is 0 Å². The van der Waals surface area contributed by atoms with Crippen LogP contribution in [0.3, 0.4) is 0 Å². The van der Waals surface area contributed by atoms with E-state index in [1.165, 1.54) is 0 Å². The number of rotatable bonds is 0. The Bertz CT molecular complexity index is 155. The summed E-state index contributed by atoms with van der Waals surface area (Å²) in [6.45, 7) is 3.29. The van der Waals surface area contributed by atoms with Gasteiger partial charge < -0.3 is 4.74 Å². The van der Waals surface area contributed by atoms with Gasteiger partial charge in [-0.2, -0.15) is 0 Å². The molecule has 0 saturated carbocycles. The SMILES string of the molecule is C=C1CC(=O)OC1=O.[LiH]. The molecular formula is C5H5LiO3. The number of carbonyl (C=O) groups excluding carboxylic acids is 2. The van der Waals surface area contributed by atoms with Crippen LogP contribution in [0.1, 0.15) is 6.42 Å². The van der Waals surface area contributed by atoms with Crippen molar-refractivity contribution in [1.82, 2.24) is 0 Å². The standard InChI is InChI=1S/C5H4O3.Li.H/c1-3-2-4(6)8-5(3)7;;/h1-2H2;;. The van der Waals surface area contributed by atoms with Gasteiger partial charge in [0.05, 0.1) is 6.42 Å². The van der Waals surface area contributed by atoms with Crippen LogP contribution in [0.5, 0.6) is 0 Å². The molecule has 1 saturated heterocycles. The number of cyclic esters (lactones) is 2. The van der Waals surface area contributed by atoms with Crippen LogP contribution in [0.25, 0.3) is 0 Å². The second-order valence-electron chi connectivity index (χ2n) is 1.54. The molecular weight excluding hydrogens is 115 g/mol. The van der Waals surface area contributed by atoms with Gasteiger partial charge in [-0.25, -0.2) is 4.79 Å². The Morgan fingerprint density at radius 3 is 2.11 bits per heavy atom. The van der Waals surface area contributed by atoms with Crippen LogP contribution in [-0.4, -0.2) is 30.8 Å². The van der Waals surface area contributed by atoms with Crippen molar-refractivity contribution in [3.63, 3.8) is 0 Å². The van der Waals surface area contributed by atoms with Crippen molar-refractivity contribution in [2.24, 2.45) is 0 Å². The molecule has 0 bridgehead atoms. The quantitative estimate of drug-likeness (QED) is 0.185. The molecule has 0 aromatic heterocycles. The molecule has 0 unspecified atom stereocenters. The zero-order valence-corrected chi connectivity index (χ0v) is 4.14. The van der Waals surface area contributed by atoms with E-state index in [2.05, 4.69) is 11.3 Å². The van der Waals surface area contributed by atoms with Crippen molar-refractivity contribution in [1.29, 1.82) is 0 Å². The molecule has 1 heterocycles. The summed E-state index contributed by atoms with van der Waals surface area (Å²) in [5, 5.41) is 0. The van der Waals surface area contributed by atoms with E-state index in [0.717, 1.165) is 0 Å². The van der Waals surface area contributed by atoms with Crippen LogP contribution in [-0.2, 0) is 14.3 Å². The average molecular weight is 120 g/mol. The second kappa shape index (κ2) is 2.86. The minimum atomic E-state index is -0.588. The van der Waals surface area contributed by atoms with Crippen molar-refractivity contribution < 1.29 is 14.3 Å². The van der Waals surface area contributed by atoms with E-state index in [1.807, 2.05) is 0 Å². The molecule has 0 aromatic rings. The van der Waals surface area contributed by atoms with E-state index in [-0.39, 0.29) is 30.9 Å². The summed E-state index contributed by atoms with van der Waals surface area (Å²) in [6, 6.07) is 0. The van der Waals surface area contributed by atoms with E-state index < -0.39 is 11.9 Å². The van der Waals surface area contributed by atoms with Crippen molar-refractivity contribution in [2.45, 2.75) is 6.42 Å². The van der Waals surface area contributed by atoms with Crippen LogP contribution >= 0.6 is 0 Å². The fourth-order valence-electron chi connectivity index (χ4n) is 0.458. The molecule has 0 amide bonds. The topological polar surface area (TPSA) is 43.4 Å². The number of hydrogen-bond donors (Lipinski definition) is 0. The maximum atomic E-state index is 10.2. The van der Waals surface area contributed by atoms with Crippen molar-refractivity contribution in [3.8, 4) is 0 Å². The molecule has 0 N–H and O–H groups in total. The number of esters is 2. The van der Waals surface area contributed by atoms with Crippen LogP contribution in [0.2, 0.25) is 0 Å². The van der Waals surface area contributed by atoms with Crippen molar-refractivity contribution in [3.05, 3.63) is 12.2 Å². The molecule has 1 fully saturated rings. The van der Waals surface area contributed by atoms with E-state index >= 15 is 0 Å². The van der Waals surface area contributed by atoms with Gasteiger partial charge in [0.25, 0.3) is 0 Å². The Balaban J connectivity index is 0.000000640. The van der Waals surface area contributed by atoms with Crippen molar-refractivity contribution >= 4 is 30.8 Å². The first-order chi connectivity index (χ1) is 3.70. The first kappa shape index (κ1) is 8.48. The molecule has 1 rings (SSSR count). The van der Waals surface area contributed by atoms with Gasteiger partial charge in [0.1, 0.15) is 0 Å². The minimum absolute atomic E-state index is 0. The predicted molar refractivity (Wildman–Crippen MR) is 32.0 cm³/mol. The number of carbonyl (C=O) groups is 2. The number of ether oxygens (including phenoxy) is 1. The molecule has 0 radical (unpaired) electrons. The Morgan fingerprint density at radius 2 is 2.00 bits per heavy atom. The first-order valence-corrected chi connectivity index (χ1v) is 2.13. The zero-order chi connectivity index (χ0) is 6.15. The molecule has 0 aromatic carbocycles. The Kier molecular flexibility index (Phi) is 2.69. The fourth-order valence-corrected chi connectivity index (χ4v) is 0.458. The first-order valence-electron chi connectivity index (χ1n) is 2.13. The van der Waals surface area contributed by atoms with Crippen LogP contribution in [0.15, 0.2) is 12.2 Å². The van der Waals surface area contributed by atoms with E-state index in [9.17, 15) is 9.59 Å². The predicted octanol–water partition coefficient (Wildman–Crippen LogP) is -0.632. The monoisotopic (exact) mass is 120 g/mol. The van der Waals surface area contributed by atoms with Gasteiger partial charge in [-0.05, 0) is 0 Å². The molecule has 1 aliphatic rings. The molecule has 3 nitrogen and oxygen atoms in total. The zero-order valence-electron chi connectivity index (χ0n) is 4.14. The molecule has 4 heteroatoms.